The fourth-order valence-electron chi connectivity index (χ4n) is 1.62. The van der Waals surface area contributed by atoms with E-state index < -0.39 is 15.1 Å². The lowest BCUT2D eigenvalue weighted by Crippen LogP contribution is -2.49. The van der Waals surface area contributed by atoms with Crippen LogP contribution in [0.5, 0.6) is 0 Å². The lowest BCUT2D eigenvalue weighted by molar-refractivity contribution is -0.167. The average molecular weight is 293 g/mol. The molecule has 0 rings (SSSR count). The van der Waals surface area contributed by atoms with E-state index in [0.29, 0.717) is 32.2 Å². The number of hydrogen-bond acceptors (Lipinski definition) is 6. The van der Waals surface area contributed by atoms with Gasteiger partial charge in [0.15, 0.2) is 6.29 Å². The molecule has 0 spiro atoms. The summed E-state index contributed by atoms with van der Waals surface area (Å²) >= 11 is 0. The van der Waals surface area contributed by atoms with Gasteiger partial charge in [-0.25, -0.2) is 0 Å². The molecule has 0 amide bonds. The van der Waals surface area contributed by atoms with Crippen molar-refractivity contribution < 1.29 is 22.8 Å². The second-order valence-electron chi connectivity index (χ2n) is 3.97. The molecule has 7 heteroatoms. The summed E-state index contributed by atoms with van der Waals surface area (Å²) in [6.07, 6.45) is 0.393. The van der Waals surface area contributed by atoms with E-state index in [0.717, 1.165) is 6.42 Å². The summed E-state index contributed by atoms with van der Waals surface area (Å²) in [7, 11) is -2.82. The molecule has 0 heterocycles. The van der Waals surface area contributed by atoms with Crippen molar-refractivity contribution in [1.29, 1.82) is 0 Å². The first-order valence-corrected chi connectivity index (χ1v) is 8.82. The molecule has 0 aliphatic heterocycles. The van der Waals surface area contributed by atoms with Gasteiger partial charge in [-0.15, -0.1) is 0 Å². The van der Waals surface area contributed by atoms with E-state index in [9.17, 15) is 4.79 Å². The highest BCUT2D eigenvalue weighted by atomic mass is 28.4. The van der Waals surface area contributed by atoms with Gasteiger partial charge < -0.3 is 23.7 Å². The first-order valence-electron chi connectivity index (χ1n) is 6.88. The van der Waals surface area contributed by atoms with Crippen molar-refractivity contribution in [2.45, 2.75) is 52.9 Å². The lowest BCUT2D eigenvalue weighted by Gasteiger charge is -2.31. The third kappa shape index (κ3) is 7.63. The average Bonchev–Trinajstić information content (AvgIpc) is 2.36. The molecule has 19 heavy (non-hydrogen) atoms. The third-order valence-corrected chi connectivity index (χ3v) is 5.46. The maximum Gasteiger partial charge on any atom is 0.503 e. The van der Waals surface area contributed by atoms with Gasteiger partial charge in [0.05, 0.1) is 0 Å². The number of hydrogen-bond donors (Lipinski definition) is 1. The van der Waals surface area contributed by atoms with Crippen molar-refractivity contribution in [3.63, 3.8) is 0 Å². The minimum absolute atomic E-state index is 0.303. The lowest BCUT2D eigenvalue weighted by atomic mass is 10.5. The first-order chi connectivity index (χ1) is 9.03. The zero-order valence-electron chi connectivity index (χ0n) is 12.4. The molecule has 0 aromatic carbocycles. The quantitative estimate of drug-likeness (QED) is 0.354. The van der Waals surface area contributed by atoms with E-state index in [1.807, 2.05) is 13.8 Å². The van der Waals surface area contributed by atoms with Crippen LogP contribution in [-0.2, 0) is 22.8 Å². The molecule has 2 N–H and O–H groups in total. The molecular weight excluding hydrogens is 266 g/mol. The highest BCUT2D eigenvalue weighted by Gasteiger charge is 2.42. The Bertz CT molecular complexity index is 246. The topological polar surface area (TPSA) is 80.0 Å². The maximum absolute atomic E-state index is 11.2. The van der Waals surface area contributed by atoms with Crippen LogP contribution in [0.15, 0.2) is 0 Å². The number of carbonyl (C=O) groups is 1. The van der Waals surface area contributed by atoms with E-state index >= 15 is 0 Å². The van der Waals surface area contributed by atoms with Gasteiger partial charge in [0, 0.05) is 25.7 Å². The van der Waals surface area contributed by atoms with Gasteiger partial charge in [0.2, 0.25) is 0 Å². The molecule has 1 atom stereocenters. The van der Waals surface area contributed by atoms with Crippen LogP contribution >= 0.6 is 0 Å². The standard InChI is InChI=1S/C12H27NO5Si/c1-5-12(14)17-11(4)18-19(15-6-2,16-7-3)10-8-9-13/h11H,5-10,13H2,1-4H3. The highest BCUT2D eigenvalue weighted by Crippen LogP contribution is 2.20. The smallest absolute Gasteiger partial charge is 0.437 e. The second kappa shape index (κ2) is 10.3. The second-order valence-corrected chi connectivity index (χ2v) is 6.65. The monoisotopic (exact) mass is 293 g/mol. The van der Waals surface area contributed by atoms with Crippen LogP contribution in [0.2, 0.25) is 6.04 Å². The van der Waals surface area contributed by atoms with E-state index in [4.69, 9.17) is 23.7 Å². The largest absolute Gasteiger partial charge is 0.503 e. The molecule has 0 radical (unpaired) electrons. The number of esters is 1. The Morgan fingerprint density at radius 3 is 2.21 bits per heavy atom. The summed E-state index contributed by atoms with van der Waals surface area (Å²) in [4.78, 5) is 11.2. The molecule has 0 bridgehead atoms. The SMILES string of the molecule is CCO[Si](CCCN)(OCC)OC(C)OC(=O)CC. The van der Waals surface area contributed by atoms with Crippen molar-refractivity contribution >= 4 is 14.8 Å². The van der Waals surface area contributed by atoms with Crippen molar-refractivity contribution in [3.05, 3.63) is 0 Å². The number of rotatable bonds is 11. The summed E-state index contributed by atoms with van der Waals surface area (Å²) in [5.74, 6) is -0.303. The minimum atomic E-state index is -2.82. The zero-order chi connectivity index (χ0) is 14.7. The molecule has 0 aromatic rings. The Balaban J connectivity index is 4.63. The molecule has 0 aliphatic carbocycles. The van der Waals surface area contributed by atoms with Gasteiger partial charge in [0.25, 0.3) is 0 Å². The summed E-state index contributed by atoms with van der Waals surface area (Å²) in [6, 6.07) is 0.624. The fourth-order valence-corrected chi connectivity index (χ4v) is 4.31. The van der Waals surface area contributed by atoms with E-state index in [-0.39, 0.29) is 5.97 Å². The summed E-state index contributed by atoms with van der Waals surface area (Å²) in [5, 5.41) is 0. The number of carbonyl (C=O) groups excluding carboxylic acids is 1. The van der Waals surface area contributed by atoms with Gasteiger partial charge in [-0.2, -0.15) is 0 Å². The van der Waals surface area contributed by atoms with Gasteiger partial charge in [0.1, 0.15) is 0 Å². The van der Waals surface area contributed by atoms with Crippen LogP contribution in [0.3, 0.4) is 0 Å². The van der Waals surface area contributed by atoms with Crippen molar-refractivity contribution in [2.75, 3.05) is 19.8 Å². The maximum atomic E-state index is 11.2. The normalized spacial score (nSPS) is 13.3. The predicted octanol–water partition coefficient (Wildman–Crippen LogP) is 1.66. The van der Waals surface area contributed by atoms with Gasteiger partial charge in [-0.3, -0.25) is 4.79 Å². The summed E-state index contributed by atoms with van der Waals surface area (Å²) in [6.45, 7) is 8.71. The molecule has 0 aromatic heterocycles. The molecule has 0 aliphatic rings. The molecule has 1 unspecified atom stereocenters. The van der Waals surface area contributed by atoms with Crippen molar-refractivity contribution in [2.24, 2.45) is 5.73 Å². The predicted molar refractivity (Wildman–Crippen MR) is 74.4 cm³/mol. The molecule has 0 saturated heterocycles. The van der Waals surface area contributed by atoms with Crippen LogP contribution in [-0.4, -0.2) is 40.8 Å². The fraction of sp³-hybridized carbons (Fsp3) is 0.917. The summed E-state index contributed by atoms with van der Waals surface area (Å²) in [5.41, 5.74) is 5.53. The van der Waals surface area contributed by atoms with Crippen molar-refractivity contribution in [1.82, 2.24) is 0 Å². The number of nitrogens with two attached hydrogens (primary N) is 1. The molecule has 6 nitrogen and oxygen atoms in total. The van der Waals surface area contributed by atoms with Crippen LogP contribution in [0.1, 0.15) is 40.5 Å². The number of ether oxygens (including phenoxy) is 1. The minimum Gasteiger partial charge on any atom is -0.437 e. The van der Waals surface area contributed by atoms with E-state index in [2.05, 4.69) is 0 Å². The van der Waals surface area contributed by atoms with E-state index in [1.54, 1.807) is 13.8 Å². The van der Waals surface area contributed by atoms with Crippen LogP contribution in [0.4, 0.5) is 0 Å². The Kier molecular flexibility index (Phi) is 10.1. The van der Waals surface area contributed by atoms with Crippen LogP contribution in [0.25, 0.3) is 0 Å². The third-order valence-electron chi connectivity index (χ3n) is 2.35. The molecule has 0 saturated carbocycles. The Hall–Kier alpha value is -0.473. The molecule has 114 valence electrons. The van der Waals surface area contributed by atoms with Gasteiger partial charge in [-0.05, 0) is 33.7 Å². The van der Waals surface area contributed by atoms with Gasteiger partial charge in [-0.1, -0.05) is 6.92 Å². The highest BCUT2D eigenvalue weighted by molar-refractivity contribution is 6.60. The van der Waals surface area contributed by atoms with Crippen LogP contribution in [0, 0.1) is 0 Å². The summed E-state index contributed by atoms with van der Waals surface area (Å²) < 4.78 is 22.3. The van der Waals surface area contributed by atoms with E-state index in [1.165, 1.54) is 0 Å². The Morgan fingerprint density at radius 2 is 1.79 bits per heavy atom. The van der Waals surface area contributed by atoms with Gasteiger partial charge >= 0.3 is 14.8 Å². The zero-order valence-corrected chi connectivity index (χ0v) is 13.4. The van der Waals surface area contributed by atoms with Crippen molar-refractivity contribution in [3.8, 4) is 0 Å². The molecular formula is C12H27NO5Si. The Morgan fingerprint density at radius 1 is 1.21 bits per heavy atom. The first kappa shape index (κ1) is 18.5. The van der Waals surface area contributed by atoms with Crippen LogP contribution < -0.4 is 5.73 Å². The molecule has 0 fully saturated rings. The Labute approximate surface area is 116 Å².